The van der Waals surface area contributed by atoms with Gasteiger partial charge in [-0.25, -0.2) is 4.90 Å². The van der Waals surface area contributed by atoms with Gasteiger partial charge in [0.05, 0.1) is 11.3 Å². The van der Waals surface area contributed by atoms with Gasteiger partial charge in [0.25, 0.3) is 11.8 Å². The van der Waals surface area contributed by atoms with E-state index in [1.807, 2.05) is 74.4 Å². The summed E-state index contributed by atoms with van der Waals surface area (Å²) in [4.78, 5) is 32.7. The van der Waals surface area contributed by atoms with Gasteiger partial charge in [0.1, 0.15) is 5.70 Å². The average molecular weight is 404 g/mol. The normalized spacial score (nSPS) is 19.7. The number of rotatable bonds is 4. The van der Waals surface area contributed by atoms with E-state index in [0.29, 0.717) is 22.9 Å². The molecule has 0 radical (unpaired) electrons. The van der Waals surface area contributed by atoms with Crippen LogP contribution in [0.3, 0.4) is 0 Å². The van der Waals surface area contributed by atoms with Crippen molar-refractivity contribution in [2.75, 3.05) is 37.0 Å². The van der Waals surface area contributed by atoms with E-state index in [1.54, 1.807) is 0 Å². The van der Waals surface area contributed by atoms with Crippen LogP contribution in [-0.2, 0) is 9.59 Å². The number of anilines is 2. The Morgan fingerprint density at radius 2 is 1.73 bits per heavy atom. The van der Waals surface area contributed by atoms with Crippen molar-refractivity contribution < 1.29 is 9.59 Å². The van der Waals surface area contributed by atoms with Crippen molar-refractivity contribution in [1.82, 2.24) is 4.90 Å². The number of imide groups is 1. The second-order valence-corrected chi connectivity index (χ2v) is 8.64. The third-order valence-corrected chi connectivity index (χ3v) is 5.98. The lowest BCUT2D eigenvalue weighted by Gasteiger charge is -2.33. The lowest BCUT2D eigenvalue weighted by molar-refractivity contribution is -0.120. The predicted molar refractivity (Wildman–Crippen MR) is 121 cm³/mol. The quantitative estimate of drug-likeness (QED) is 0.722. The van der Waals surface area contributed by atoms with Crippen LogP contribution >= 0.6 is 0 Å². The minimum absolute atomic E-state index is 0.222. The van der Waals surface area contributed by atoms with E-state index in [2.05, 4.69) is 11.8 Å². The Labute approximate surface area is 178 Å². The van der Waals surface area contributed by atoms with Gasteiger partial charge in [0, 0.05) is 32.9 Å². The van der Waals surface area contributed by atoms with Crippen molar-refractivity contribution in [2.45, 2.75) is 26.7 Å². The molecule has 0 aliphatic carbocycles. The summed E-state index contributed by atoms with van der Waals surface area (Å²) >= 11 is 0. The Balaban J connectivity index is 1.81. The summed E-state index contributed by atoms with van der Waals surface area (Å²) in [6, 6.07) is 15.5. The van der Waals surface area contributed by atoms with E-state index >= 15 is 0 Å². The third-order valence-electron chi connectivity index (χ3n) is 5.98. The summed E-state index contributed by atoms with van der Waals surface area (Å²) in [5, 5.41) is 0. The highest BCUT2D eigenvalue weighted by Crippen LogP contribution is 2.37. The molecule has 5 heteroatoms. The third kappa shape index (κ3) is 3.60. The largest absolute Gasteiger partial charge is 0.378 e. The Hall–Kier alpha value is -3.08. The number of hydrogen-bond acceptors (Lipinski definition) is 4. The predicted octanol–water partition coefficient (Wildman–Crippen LogP) is 4.08. The number of aryl methyl sites for hydroxylation is 1. The number of likely N-dealkylation sites (tertiary alicyclic amines) is 1. The fourth-order valence-corrected chi connectivity index (χ4v) is 4.33. The van der Waals surface area contributed by atoms with Crippen molar-refractivity contribution in [1.29, 1.82) is 0 Å². The molecule has 0 aromatic heterocycles. The standard InChI is InChI=1S/C25H29N3O2/c1-17-10-12-19(13-11-17)22-23(27-14-6-7-18(2)16-27)25(30)28(24(22)29)21-9-5-8-20(15-21)26(3)4/h5,8-13,15,18H,6-7,14,16H2,1-4H3. The molecule has 5 nitrogen and oxygen atoms in total. The van der Waals surface area contributed by atoms with E-state index in [-0.39, 0.29) is 11.8 Å². The molecule has 1 unspecified atom stereocenters. The lowest BCUT2D eigenvalue weighted by Crippen LogP contribution is -2.39. The average Bonchev–Trinajstić information content (AvgIpc) is 2.99. The molecule has 4 rings (SSSR count). The number of benzene rings is 2. The van der Waals surface area contributed by atoms with E-state index in [1.165, 1.54) is 4.90 Å². The molecule has 30 heavy (non-hydrogen) atoms. The van der Waals surface area contributed by atoms with Crippen LogP contribution in [0.5, 0.6) is 0 Å². The molecule has 0 spiro atoms. The summed E-state index contributed by atoms with van der Waals surface area (Å²) in [6.07, 6.45) is 2.18. The Morgan fingerprint density at radius 3 is 2.40 bits per heavy atom. The van der Waals surface area contributed by atoms with Crippen molar-refractivity contribution in [3.63, 3.8) is 0 Å². The molecular weight excluding hydrogens is 374 g/mol. The van der Waals surface area contributed by atoms with E-state index in [4.69, 9.17) is 0 Å². The van der Waals surface area contributed by atoms with Crippen LogP contribution in [-0.4, -0.2) is 43.9 Å². The molecule has 0 N–H and O–H groups in total. The van der Waals surface area contributed by atoms with Gasteiger partial charge in [-0.15, -0.1) is 0 Å². The number of amides is 2. The number of carbonyl (C=O) groups excluding carboxylic acids is 2. The van der Waals surface area contributed by atoms with Crippen LogP contribution in [0.15, 0.2) is 54.2 Å². The van der Waals surface area contributed by atoms with E-state index < -0.39 is 0 Å². The zero-order valence-electron chi connectivity index (χ0n) is 18.2. The molecule has 1 fully saturated rings. The highest BCUT2D eigenvalue weighted by Gasteiger charge is 2.43. The Bertz CT molecular complexity index is 1010. The number of piperidine rings is 1. The van der Waals surface area contributed by atoms with Gasteiger partial charge in [-0.05, 0) is 49.4 Å². The fourth-order valence-electron chi connectivity index (χ4n) is 4.33. The molecule has 2 aromatic carbocycles. The molecule has 0 bridgehead atoms. The highest BCUT2D eigenvalue weighted by molar-refractivity contribution is 6.45. The molecular formula is C25H29N3O2. The van der Waals surface area contributed by atoms with Gasteiger partial charge in [-0.2, -0.15) is 0 Å². The van der Waals surface area contributed by atoms with Crippen LogP contribution in [0.1, 0.15) is 30.9 Å². The molecule has 2 heterocycles. The summed E-state index contributed by atoms with van der Waals surface area (Å²) in [6.45, 7) is 5.83. The maximum atomic E-state index is 13.6. The molecule has 156 valence electrons. The van der Waals surface area contributed by atoms with Gasteiger partial charge in [-0.1, -0.05) is 42.8 Å². The van der Waals surface area contributed by atoms with Crippen molar-refractivity contribution in [3.05, 3.63) is 65.4 Å². The first kappa shape index (κ1) is 20.2. The molecule has 1 saturated heterocycles. The number of nitrogens with zero attached hydrogens (tertiary/aromatic N) is 3. The Morgan fingerprint density at radius 1 is 1.00 bits per heavy atom. The molecule has 2 aliphatic heterocycles. The van der Waals surface area contributed by atoms with Crippen LogP contribution < -0.4 is 9.80 Å². The van der Waals surface area contributed by atoms with Crippen LogP contribution in [0, 0.1) is 12.8 Å². The highest BCUT2D eigenvalue weighted by atomic mass is 16.2. The fraction of sp³-hybridized carbons (Fsp3) is 0.360. The first-order chi connectivity index (χ1) is 14.4. The first-order valence-corrected chi connectivity index (χ1v) is 10.6. The Kier molecular flexibility index (Phi) is 5.37. The van der Waals surface area contributed by atoms with Crippen LogP contribution in [0.25, 0.3) is 5.57 Å². The first-order valence-electron chi connectivity index (χ1n) is 10.6. The molecule has 2 aromatic rings. The van der Waals surface area contributed by atoms with Crippen molar-refractivity contribution >= 4 is 28.8 Å². The van der Waals surface area contributed by atoms with Gasteiger partial charge in [-0.3, -0.25) is 9.59 Å². The molecule has 0 saturated carbocycles. The zero-order valence-corrected chi connectivity index (χ0v) is 18.2. The summed E-state index contributed by atoms with van der Waals surface area (Å²) in [5.41, 5.74) is 4.55. The van der Waals surface area contributed by atoms with Crippen LogP contribution in [0.4, 0.5) is 11.4 Å². The van der Waals surface area contributed by atoms with Gasteiger partial charge in [0.2, 0.25) is 0 Å². The summed E-state index contributed by atoms with van der Waals surface area (Å²) in [7, 11) is 3.90. The second kappa shape index (κ2) is 7.98. The minimum atomic E-state index is -0.243. The van der Waals surface area contributed by atoms with E-state index in [9.17, 15) is 9.59 Å². The SMILES string of the molecule is Cc1ccc(C2=C(N3CCCC(C)C3)C(=O)N(c3cccc(N(C)C)c3)C2=O)cc1. The second-order valence-electron chi connectivity index (χ2n) is 8.64. The molecule has 2 aliphatic rings. The van der Waals surface area contributed by atoms with Gasteiger partial charge >= 0.3 is 0 Å². The summed E-state index contributed by atoms with van der Waals surface area (Å²) < 4.78 is 0. The van der Waals surface area contributed by atoms with Crippen molar-refractivity contribution in [3.8, 4) is 0 Å². The van der Waals surface area contributed by atoms with Gasteiger partial charge in [0.15, 0.2) is 0 Å². The maximum absolute atomic E-state index is 13.6. The molecule has 2 amide bonds. The zero-order chi connectivity index (χ0) is 21.4. The minimum Gasteiger partial charge on any atom is -0.378 e. The molecule has 1 atom stereocenters. The topological polar surface area (TPSA) is 43.9 Å². The smallest absolute Gasteiger partial charge is 0.282 e. The maximum Gasteiger partial charge on any atom is 0.282 e. The van der Waals surface area contributed by atoms with Crippen LogP contribution in [0.2, 0.25) is 0 Å². The number of hydrogen-bond donors (Lipinski definition) is 0. The number of carbonyl (C=O) groups is 2. The van der Waals surface area contributed by atoms with Gasteiger partial charge < -0.3 is 9.80 Å². The summed E-state index contributed by atoms with van der Waals surface area (Å²) in [5.74, 6) is 0.0353. The van der Waals surface area contributed by atoms with E-state index in [0.717, 1.165) is 42.7 Å². The monoisotopic (exact) mass is 403 g/mol. The van der Waals surface area contributed by atoms with Crippen molar-refractivity contribution in [2.24, 2.45) is 5.92 Å². The lowest BCUT2D eigenvalue weighted by atomic mass is 9.97.